The van der Waals surface area contributed by atoms with Gasteiger partial charge in [0, 0.05) is 37.6 Å². The molecule has 6 N–H and O–H groups in total. The van der Waals surface area contributed by atoms with Gasteiger partial charge in [0.25, 0.3) is 0 Å². The van der Waals surface area contributed by atoms with E-state index in [0.29, 0.717) is 13.0 Å². The van der Waals surface area contributed by atoms with E-state index in [9.17, 15) is 14.4 Å². The Morgan fingerprint density at radius 3 is 2.76 bits per heavy atom. The third-order valence-electron chi connectivity index (χ3n) is 6.45. The van der Waals surface area contributed by atoms with Crippen molar-refractivity contribution in [2.45, 2.75) is 36.6 Å². The zero-order chi connectivity index (χ0) is 18.1. The van der Waals surface area contributed by atoms with Gasteiger partial charge in [-0.2, -0.15) is 0 Å². The molecular formula is C16H22N4O5. The molecule has 1 amide bonds. The second-order valence-electron chi connectivity index (χ2n) is 7.39. The average Bonchev–Trinajstić information content (AvgIpc) is 3.31. The predicted octanol–water partition coefficient (Wildman–Crippen LogP) is -1.83. The molecule has 9 nitrogen and oxygen atoms in total. The largest absolute Gasteiger partial charge is 0.449 e. The van der Waals surface area contributed by atoms with E-state index in [1.54, 1.807) is 14.0 Å². The van der Waals surface area contributed by atoms with Crippen LogP contribution >= 0.6 is 0 Å². The summed E-state index contributed by atoms with van der Waals surface area (Å²) in [6.07, 6.45) is -0.612. The molecular weight excluding hydrogens is 328 g/mol. The van der Waals surface area contributed by atoms with Crippen LogP contribution in [0.5, 0.6) is 0 Å². The van der Waals surface area contributed by atoms with Crippen LogP contribution in [0.25, 0.3) is 0 Å². The molecule has 2 heterocycles. The Hall–Kier alpha value is -1.97. The van der Waals surface area contributed by atoms with Crippen LogP contribution in [0.2, 0.25) is 0 Å². The fourth-order valence-corrected chi connectivity index (χ4v) is 5.22. The molecule has 1 spiro atoms. The summed E-state index contributed by atoms with van der Waals surface area (Å²) in [6, 6.07) is 0.112. The number of hydrogen-bond acceptors (Lipinski definition) is 8. The van der Waals surface area contributed by atoms with Gasteiger partial charge >= 0.3 is 6.09 Å². The molecule has 2 aliphatic heterocycles. The standard InChI is InChI=1S/C16H22N4O5/c1-6-10(17)11(21)9-7(4-25-14(18)23)16(24-2)5-15(9,13(6)22)19-3-8-12(16)20-8/h7-9,12,19-20H,3-5,17H2,1-2H3,(H2,18,23)/t7-,8+,9+,12+,15+,16-/m1/s1. The highest BCUT2D eigenvalue weighted by Gasteiger charge is 2.75. The number of carbonyl (C=O) groups is 3. The molecule has 2 saturated heterocycles. The van der Waals surface area contributed by atoms with Gasteiger partial charge in [-0.05, 0) is 6.92 Å². The van der Waals surface area contributed by atoms with Gasteiger partial charge in [0.2, 0.25) is 0 Å². The fourth-order valence-electron chi connectivity index (χ4n) is 5.22. The first-order valence-electron chi connectivity index (χ1n) is 8.32. The molecule has 0 aromatic heterocycles. The number of primary amides is 1. The number of rotatable bonds is 3. The summed E-state index contributed by atoms with van der Waals surface area (Å²) in [4.78, 5) is 37.3. The first-order chi connectivity index (χ1) is 11.8. The molecule has 136 valence electrons. The van der Waals surface area contributed by atoms with E-state index >= 15 is 0 Å². The molecule has 4 aliphatic rings. The van der Waals surface area contributed by atoms with Crippen molar-refractivity contribution in [2.24, 2.45) is 23.3 Å². The maximum atomic E-state index is 13.2. The van der Waals surface area contributed by atoms with Crippen LogP contribution in [-0.2, 0) is 19.1 Å². The van der Waals surface area contributed by atoms with Gasteiger partial charge in [0.15, 0.2) is 11.6 Å². The van der Waals surface area contributed by atoms with Crippen LogP contribution in [0.1, 0.15) is 13.3 Å². The van der Waals surface area contributed by atoms with Gasteiger partial charge in [-0.1, -0.05) is 0 Å². The number of Topliss-reactive ketones (excluding diaryl/α,β-unsaturated/α-hetero) is 2. The first-order valence-corrected chi connectivity index (χ1v) is 8.32. The SMILES string of the molecule is CO[C@@]12C[C@@]3(NC[C@@H]4N[C@@H]41)C(=O)C(C)=C(N)C(=O)[C@@H]3[C@H]2COC(N)=O. The number of hydrogen-bond donors (Lipinski definition) is 4. The number of ketones is 2. The van der Waals surface area contributed by atoms with Crippen molar-refractivity contribution in [1.82, 2.24) is 10.6 Å². The average molecular weight is 350 g/mol. The molecule has 9 heteroatoms. The number of fused-ring (bicyclic) bond motifs is 3. The Morgan fingerprint density at radius 2 is 2.12 bits per heavy atom. The molecule has 6 atom stereocenters. The maximum absolute atomic E-state index is 13.2. The van der Waals surface area contributed by atoms with Gasteiger partial charge < -0.3 is 31.6 Å². The minimum absolute atomic E-state index is 0.0238. The third-order valence-corrected chi connectivity index (χ3v) is 6.45. The molecule has 0 aromatic rings. The van der Waals surface area contributed by atoms with Crippen LogP contribution in [0.4, 0.5) is 4.79 Å². The van der Waals surface area contributed by atoms with E-state index in [4.69, 9.17) is 20.9 Å². The zero-order valence-corrected chi connectivity index (χ0v) is 14.1. The Labute approximate surface area is 144 Å². The van der Waals surface area contributed by atoms with E-state index in [1.807, 2.05) is 0 Å². The lowest BCUT2D eigenvalue weighted by atomic mass is 9.69. The summed E-state index contributed by atoms with van der Waals surface area (Å²) in [6.45, 7) is 2.03. The summed E-state index contributed by atoms with van der Waals surface area (Å²) < 4.78 is 10.9. The normalized spacial score (nSPS) is 44.9. The number of nitrogens with two attached hydrogens (primary N) is 2. The van der Waals surface area contributed by atoms with Crippen molar-refractivity contribution in [3.05, 3.63) is 11.3 Å². The van der Waals surface area contributed by atoms with Crippen molar-refractivity contribution >= 4 is 17.7 Å². The molecule has 0 aromatic carbocycles. The van der Waals surface area contributed by atoms with Gasteiger partial charge in [-0.25, -0.2) is 4.79 Å². The monoisotopic (exact) mass is 350 g/mol. The Kier molecular flexibility index (Phi) is 3.32. The van der Waals surface area contributed by atoms with Crippen LogP contribution in [0, 0.1) is 11.8 Å². The third kappa shape index (κ3) is 1.91. The summed E-state index contributed by atoms with van der Waals surface area (Å²) >= 11 is 0. The topological polar surface area (TPSA) is 156 Å². The van der Waals surface area contributed by atoms with Gasteiger partial charge in [0.05, 0.1) is 35.4 Å². The van der Waals surface area contributed by atoms with Crippen LogP contribution < -0.4 is 22.1 Å². The van der Waals surface area contributed by atoms with Crippen LogP contribution in [0.3, 0.4) is 0 Å². The lowest BCUT2D eigenvalue weighted by molar-refractivity contribution is -0.134. The number of ether oxygens (including phenoxy) is 2. The minimum Gasteiger partial charge on any atom is -0.449 e. The van der Waals surface area contributed by atoms with Crippen LogP contribution in [0.15, 0.2) is 11.3 Å². The lowest BCUT2D eigenvalue weighted by Crippen LogP contribution is -2.62. The highest BCUT2D eigenvalue weighted by Crippen LogP contribution is 2.57. The van der Waals surface area contributed by atoms with Gasteiger partial charge in [-0.3, -0.25) is 9.59 Å². The molecule has 1 saturated carbocycles. The Bertz CT molecular complexity index is 721. The van der Waals surface area contributed by atoms with Crippen LogP contribution in [-0.4, -0.2) is 61.1 Å². The molecule has 25 heavy (non-hydrogen) atoms. The smallest absolute Gasteiger partial charge is 0.404 e. The number of nitrogens with one attached hydrogen (secondary N) is 2. The van der Waals surface area contributed by atoms with E-state index in [2.05, 4.69) is 10.6 Å². The molecule has 4 rings (SSSR count). The van der Waals surface area contributed by atoms with E-state index in [1.165, 1.54) is 0 Å². The molecule has 3 fully saturated rings. The maximum Gasteiger partial charge on any atom is 0.404 e. The molecule has 0 unspecified atom stereocenters. The summed E-state index contributed by atoms with van der Waals surface area (Å²) in [7, 11) is 1.56. The fraction of sp³-hybridized carbons (Fsp3) is 0.688. The highest BCUT2D eigenvalue weighted by atomic mass is 16.5. The van der Waals surface area contributed by atoms with Crippen molar-refractivity contribution in [2.75, 3.05) is 20.3 Å². The van der Waals surface area contributed by atoms with E-state index in [0.717, 1.165) is 0 Å². The minimum atomic E-state index is -1.08. The van der Waals surface area contributed by atoms with Crippen molar-refractivity contribution in [3.63, 3.8) is 0 Å². The number of methoxy groups -OCH3 is 1. The Balaban J connectivity index is 1.86. The predicted molar refractivity (Wildman–Crippen MR) is 85.2 cm³/mol. The van der Waals surface area contributed by atoms with Gasteiger partial charge in [0.1, 0.15) is 0 Å². The second kappa shape index (κ2) is 5.03. The van der Waals surface area contributed by atoms with E-state index < -0.39 is 29.1 Å². The summed E-state index contributed by atoms with van der Waals surface area (Å²) in [5, 5.41) is 6.65. The van der Waals surface area contributed by atoms with Gasteiger partial charge in [-0.15, -0.1) is 0 Å². The van der Waals surface area contributed by atoms with Crippen molar-refractivity contribution in [1.29, 1.82) is 0 Å². The van der Waals surface area contributed by atoms with E-state index in [-0.39, 0.29) is 41.5 Å². The number of allylic oxidation sites excluding steroid dienone is 1. The number of amides is 1. The summed E-state index contributed by atoms with van der Waals surface area (Å²) in [5.74, 6) is -1.77. The summed E-state index contributed by atoms with van der Waals surface area (Å²) in [5.41, 5.74) is 9.41. The second-order valence-corrected chi connectivity index (χ2v) is 7.39. The van der Waals surface area contributed by atoms with Crippen molar-refractivity contribution < 1.29 is 23.9 Å². The lowest BCUT2D eigenvalue weighted by Gasteiger charge is -2.40. The molecule has 2 bridgehead atoms. The molecule has 0 radical (unpaired) electrons. The quantitative estimate of drug-likeness (QED) is 0.433. The number of carbonyl (C=O) groups excluding carboxylic acids is 3. The highest BCUT2D eigenvalue weighted by molar-refractivity contribution is 6.17. The van der Waals surface area contributed by atoms with Crippen molar-refractivity contribution in [3.8, 4) is 0 Å². The zero-order valence-electron chi connectivity index (χ0n) is 14.1. The Morgan fingerprint density at radius 1 is 1.40 bits per heavy atom. The molecule has 2 aliphatic carbocycles. The first kappa shape index (κ1) is 16.5.